The quantitative estimate of drug-likeness (QED) is 0.599. The van der Waals surface area contributed by atoms with E-state index in [9.17, 15) is 18.0 Å². The Morgan fingerprint density at radius 3 is 2.47 bits per heavy atom. The molecular formula is C24H31F3N6O3. The first kappa shape index (κ1) is 25.9. The molecular weight excluding hydrogens is 477 g/mol. The van der Waals surface area contributed by atoms with E-state index < -0.39 is 23.5 Å². The second kappa shape index (κ2) is 9.38. The Balaban J connectivity index is 1.39. The van der Waals surface area contributed by atoms with Crippen LogP contribution in [-0.4, -0.2) is 57.8 Å². The monoisotopic (exact) mass is 508 g/mol. The molecule has 0 bridgehead atoms. The van der Waals surface area contributed by atoms with Crippen molar-refractivity contribution in [1.29, 1.82) is 0 Å². The van der Waals surface area contributed by atoms with Gasteiger partial charge in [0.2, 0.25) is 11.9 Å². The first-order chi connectivity index (χ1) is 16.7. The van der Waals surface area contributed by atoms with Crippen molar-refractivity contribution in [2.75, 3.05) is 22.6 Å². The van der Waals surface area contributed by atoms with Crippen LogP contribution in [-0.2, 0) is 15.7 Å². The molecule has 0 aromatic carbocycles. The van der Waals surface area contributed by atoms with E-state index >= 15 is 0 Å². The minimum absolute atomic E-state index is 0.0392. The minimum Gasteiger partial charge on any atom is -0.489 e. The number of nitrogens with one attached hydrogen (secondary N) is 2. The lowest BCUT2D eigenvalue weighted by atomic mass is 9.89. The fourth-order valence-electron chi connectivity index (χ4n) is 4.45. The first-order valence-electron chi connectivity index (χ1n) is 11.8. The lowest BCUT2D eigenvalue weighted by Gasteiger charge is -2.40. The second-order valence-electron chi connectivity index (χ2n) is 10.2. The van der Waals surface area contributed by atoms with Crippen molar-refractivity contribution in [2.24, 2.45) is 0 Å². The van der Waals surface area contributed by atoms with Gasteiger partial charge in [-0.3, -0.25) is 4.79 Å². The molecule has 196 valence electrons. The van der Waals surface area contributed by atoms with Gasteiger partial charge < -0.3 is 25.0 Å². The minimum atomic E-state index is -4.48. The van der Waals surface area contributed by atoms with E-state index in [1.807, 2.05) is 39.6 Å². The van der Waals surface area contributed by atoms with Crippen LogP contribution in [0.25, 0.3) is 0 Å². The van der Waals surface area contributed by atoms with Crippen molar-refractivity contribution >= 4 is 23.4 Å². The van der Waals surface area contributed by atoms with Gasteiger partial charge in [0.1, 0.15) is 29.3 Å². The molecule has 4 rings (SSSR count). The van der Waals surface area contributed by atoms with Crippen LogP contribution in [0.1, 0.15) is 51.9 Å². The van der Waals surface area contributed by atoms with Crippen LogP contribution in [0.4, 0.5) is 30.6 Å². The Labute approximate surface area is 207 Å². The van der Waals surface area contributed by atoms with E-state index in [0.717, 1.165) is 12.3 Å². The van der Waals surface area contributed by atoms with Crippen LogP contribution in [0, 0.1) is 6.92 Å². The summed E-state index contributed by atoms with van der Waals surface area (Å²) in [5, 5.41) is 6.21. The van der Waals surface area contributed by atoms with E-state index in [4.69, 9.17) is 9.47 Å². The Kier molecular flexibility index (Phi) is 6.76. The third-order valence-electron chi connectivity index (χ3n) is 6.08. The molecule has 12 heteroatoms. The summed E-state index contributed by atoms with van der Waals surface area (Å²) in [6.45, 7) is 9.49. The number of alkyl halides is 3. The zero-order valence-corrected chi connectivity index (χ0v) is 21.1. The molecule has 2 aromatic rings. The molecule has 3 heterocycles. The normalized spacial score (nSPS) is 22.9. The second-order valence-corrected chi connectivity index (χ2v) is 10.2. The summed E-state index contributed by atoms with van der Waals surface area (Å²) in [6, 6.07) is 1.66. The molecule has 2 N–H and O–H groups in total. The Morgan fingerprint density at radius 1 is 1.19 bits per heavy atom. The maximum absolute atomic E-state index is 12.8. The number of carbonyl (C=O) groups excluding carboxylic acids is 1. The van der Waals surface area contributed by atoms with Crippen LogP contribution in [0.3, 0.4) is 0 Å². The van der Waals surface area contributed by atoms with Crippen LogP contribution in [0.2, 0.25) is 0 Å². The van der Waals surface area contributed by atoms with Crippen LogP contribution < -0.4 is 20.3 Å². The zero-order valence-electron chi connectivity index (χ0n) is 21.1. The highest BCUT2D eigenvalue weighted by molar-refractivity contribution is 6.03. The molecule has 0 saturated heterocycles. The number of fused-ring (bicyclic) bond motifs is 1. The summed E-state index contributed by atoms with van der Waals surface area (Å²) < 4.78 is 49.8. The lowest BCUT2D eigenvalue weighted by Crippen LogP contribution is -2.54. The van der Waals surface area contributed by atoms with Crippen molar-refractivity contribution in [2.45, 2.75) is 83.5 Å². The maximum Gasteiger partial charge on any atom is 0.433 e. The van der Waals surface area contributed by atoms with Crippen LogP contribution in [0.15, 0.2) is 18.3 Å². The number of rotatable bonds is 6. The van der Waals surface area contributed by atoms with Gasteiger partial charge >= 0.3 is 6.18 Å². The molecule has 1 fully saturated rings. The van der Waals surface area contributed by atoms with E-state index in [0.29, 0.717) is 41.7 Å². The van der Waals surface area contributed by atoms with Gasteiger partial charge in [0.05, 0.1) is 23.6 Å². The number of amides is 1. The summed E-state index contributed by atoms with van der Waals surface area (Å²) in [5.41, 5.74) is -0.162. The number of nitrogens with zero attached hydrogens (tertiary/aromatic N) is 4. The highest BCUT2D eigenvalue weighted by atomic mass is 19.4. The number of pyridine rings is 1. The van der Waals surface area contributed by atoms with Crippen molar-refractivity contribution in [3.8, 4) is 5.75 Å². The molecule has 2 unspecified atom stereocenters. The van der Waals surface area contributed by atoms with Crippen molar-refractivity contribution in [3.63, 3.8) is 0 Å². The Bertz CT molecular complexity index is 1110. The van der Waals surface area contributed by atoms with Crippen molar-refractivity contribution < 1.29 is 27.4 Å². The number of hydrogen-bond donors (Lipinski definition) is 2. The number of ether oxygens (including phenoxy) is 2. The predicted molar refractivity (Wildman–Crippen MR) is 128 cm³/mol. The molecule has 2 aliphatic rings. The van der Waals surface area contributed by atoms with Gasteiger partial charge in [0.15, 0.2) is 5.82 Å². The molecule has 1 amide bonds. The van der Waals surface area contributed by atoms with E-state index in [-0.39, 0.29) is 24.2 Å². The lowest BCUT2D eigenvalue weighted by molar-refractivity contribution is -0.141. The highest BCUT2D eigenvalue weighted by Gasteiger charge is 2.39. The van der Waals surface area contributed by atoms with Gasteiger partial charge in [0, 0.05) is 25.9 Å². The third kappa shape index (κ3) is 5.63. The molecule has 1 aliphatic heterocycles. The largest absolute Gasteiger partial charge is 0.489 e. The molecule has 1 aliphatic carbocycles. The van der Waals surface area contributed by atoms with Gasteiger partial charge in [0.25, 0.3) is 0 Å². The van der Waals surface area contributed by atoms with E-state index in [1.165, 1.54) is 6.07 Å². The molecule has 9 nitrogen and oxygen atoms in total. The zero-order chi connectivity index (χ0) is 26.4. The summed E-state index contributed by atoms with van der Waals surface area (Å²) in [6.07, 6.45) is -2.66. The van der Waals surface area contributed by atoms with Gasteiger partial charge in [-0.15, -0.1) is 0 Å². The van der Waals surface area contributed by atoms with Gasteiger partial charge in [-0.05, 0) is 46.8 Å². The average molecular weight is 509 g/mol. The average Bonchev–Trinajstić information content (AvgIpc) is 2.71. The molecule has 0 radical (unpaired) electrons. The fraction of sp³-hybridized carbons (Fsp3) is 0.583. The standard InChI is InChI=1S/C24H31F3N6O3/c1-12-18-20(33(6)19(21(34)31-18)13(2)36-23(3,4)5)32-22(29-12)30-14-9-16(10-14)35-15-7-8-17(28-11-15)24(25,26)27/h7-8,11,13-14,16,19H,9-10H2,1-6H3,(H,31,34)(H,29,30,32)/t13?,14-,16-,19?. The van der Waals surface area contributed by atoms with Crippen LogP contribution >= 0.6 is 0 Å². The van der Waals surface area contributed by atoms with E-state index in [2.05, 4.69) is 25.6 Å². The van der Waals surface area contributed by atoms with Gasteiger partial charge in [-0.2, -0.15) is 18.2 Å². The van der Waals surface area contributed by atoms with Gasteiger partial charge in [-0.1, -0.05) is 0 Å². The number of likely N-dealkylation sites (N-methyl/N-ethyl adjacent to an activating group) is 1. The predicted octanol–water partition coefficient (Wildman–Crippen LogP) is 4.18. The molecule has 2 aromatic heterocycles. The SMILES string of the molecule is Cc1nc(N[C@H]2C[C@H](Oc3ccc(C(F)(F)F)nc3)C2)nc2c1NC(=O)C(C(C)OC(C)(C)C)N2C. The number of halogens is 3. The van der Waals surface area contributed by atoms with Crippen molar-refractivity contribution in [1.82, 2.24) is 15.0 Å². The number of hydrogen-bond acceptors (Lipinski definition) is 8. The Hall–Kier alpha value is -3.15. The number of anilines is 3. The first-order valence-corrected chi connectivity index (χ1v) is 11.8. The van der Waals surface area contributed by atoms with Crippen molar-refractivity contribution in [3.05, 3.63) is 29.7 Å². The van der Waals surface area contributed by atoms with Crippen LogP contribution in [0.5, 0.6) is 5.75 Å². The number of aromatic nitrogens is 3. The van der Waals surface area contributed by atoms with E-state index in [1.54, 1.807) is 6.92 Å². The number of aryl methyl sites for hydroxylation is 1. The molecule has 2 atom stereocenters. The van der Waals surface area contributed by atoms with Gasteiger partial charge in [-0.25, -0.2) is 9.97 Å². The number of carbonyl (C=O) groups is 1. The summed E-state index contributed by atoms with van der Waals surface area (Å²) in [5.74, 6) is 1.15. The molecule has 36 heavy (non-hydrogen) atoms. The Morgan fingerprint density at radius 2 is 1.89 bits per heavy atom. The topological polar surface area (TPSA) is 102 Å². The fourth-order valence-corrected chi connectivity index (χ4v) is 4.45. The highest BCUT2D eigenvalue weighted by Crippen LogP contribution is 2.36. The summed E-state index contributed by atoms with van der Waals surface area (Å²) >= 11 is 0. The molecule has 0 spiro atoms. The summed E-state index contributed by atoms with van der Waals surface area (Å²) in [4.78, 5) is 27.2. The molecule has 1 saturated carbocycles. The smallest absolute Gasteiger partial charge is 0.433 e. The summed E-state index contributed by atoms with van der Waals surface area (Å²) in [7, 11) is 1.81. The third-order valence-corrected chi connectivity index (χ3v) is 6.08. The maximum atomic E-state index is 12.8.